The van der Waals surface area contributed by atoms with E-state index >= 15 is 0 Å². The Bertz CT molecular complexity index is 482. The summed E-state index contributed by atoms with van der Waals surface area (Å²) in [6.45, 7) is 3.20. The van der Waals surface area contributed by atoms with Crippen molar-refractivity contribution in [3.05, 3.63) is 29.8 Å². The molecule has 2 N–H and O–H groups in total. The van der Waals surface area contributed by atoms with E-state index in [1.165, 1.54) is 0 Å². The predicted octanol–water partition coefficient (Wildman–Crippen LogP) is 1.48. The van der Waals surface area contributed by atoms with E-state index in [9.17, 15) is 9.59 Å². The lowest BCUT2D eigenvalue weighted by Crippen LogP contribution is -2.38. The lowest BCUT2D eigenvalue weighted by atomic mass is 9.99. The first kappa shape index (κ1) is 14.5. The average Bonchev–Trinajstić information content (AvgIpc) is 2.46. The molecular weight excluding hydrogens is 256 g/mol. The van der Waals surface area contributed by atoms with E-state index in [-0.39, 0.29) is 24.3 Å². The molecule has 1 aromatic rings. The molecule has 1 aliphatic rings. The fraction of sp³-hybridized carbons (Fsp3) is 0.467. The van der Waals surface area contributed by atoms with Gasteiger partial charge >= 0.3 is 0 Å². The van der Waals surface area contributed by atoms with Crippen LogP contribution in [0.1, 0.15) is 18.4 Å². The third-order valence-corrected chi connectivity index (χ3v) is 3.32. The molecule has 0 aliphatic carbocycles. The summed E-state index contributed by atoms with van der Waals surface area (Å²) in [6, 6.07) is 7.55. The van der Waals surface area contributed by atoms with Crippen LogP contribution in [0.4, 0.5) is 5.69 Å². The largest absolute Gasteiger partial charge is 0.381 e. The lowest BCUT2D eigenvalue weighted by Gasteiger charge is -2.21. The van der Waals surface area contributed by atoms with Crippen LogP contribution < -0.4 is 10.6 Å². The minimum absolute atomic E-state index is 0.00410. The molecule has 1 heterocycles. The number of anilines is 1. The Morgan fingerprint density at radius 3 is 2.75 bits per heavy atom. The second-order valence-electron chi connectivity index (χ2n) is 5.02. The highest BCUT2D eigenvalue weighted by Gasteiger charge is 2.21. The Kier molecular flexibility index (Phi) is 5.12. The molecule has 1 saturated heterocycles. The summed E-state index contributed by atoms with van der Waals surface area (Å²) in [5.41, 5.74) is 1.82. The summed E-state index contributed by atoms with van der Waals surface area (Å²) >= 11 is 0. The number of hydrogen-bond acceptors (Lipinski definition) is 3. The van der Waals surface area contributed by atoms with Gasteiger partial charge in [-0.05, 0) is 37.5 Å². The van der Waals surface area contributed by atoms with Gasteiger partial charge in [0, 0.05) is 24.8 Å². The average molecular weight is 276 g/mol. The van der Waals surface area contributed by atoms with Gasteiger partial charge in [0.05, 0.1) is 6.54 Å². The van der Waals surface area contributed by atoms with Gasteiger partial charge < -0.3 is 15.4 Å². The van der Waals surface area contributed by atoms with Crippen molar-refractivity contribution in [3.63, 3.8) is 0 Å². The highest BCUT2D eigenvalue weighted by Crippen LogP contribution is 2.14. The predicted molar refractivity (Wildman–Crippen MR) is 76.4 cm³/mol. The molecule has 0 aromatic heterocycles. The third-order valence-electron chi connectivity index (χ3n) is 3.32. The number of carbonyl (C=O) groups excluding carboxylic acids is 2. The number of rotatable bonds is 4. The zero-order chi connectivity index (χ0) is 14.4. The maximum atomic E-state index is 11.9. The smallest absolute Gasteiger partial charge is 0.243 e. The van der Waals surface area contributed by atoms with E-state index in [1.807, 2.05) is 31.2 Å². The lowest BCUT2D eigenvalue weighted by molar-refractivity contribution is -0.129. The highest BCUT2D eigenvalue weighted by atomic mass is 16.5. The van der Waals surface area contributed by atoms with E-state index in [1.54, 1.807) is 0 Å². The van der Waals surface area contributed by atoms with Gasteiger partial charge in [0.1, 0.15) is 0 Å². The van der Waals surface area contributed by atoms with E-state index < -0.39 is 0 Å². The van der Waals surface area contributed by atoms with Crippen molar-refractivity contribution in [2.75, 3.05) is 25.1 Å². The quantitative estimate of drug-likeness (QED) is 0.875. The van der Waals surface area contributed by atoms with Crippen LogP contribution in [0.5, 0.6) is 0 Å². The van der Waals surface area contributed by atoms with Crippen molar-refractivity contribution in [1.29, 1.82) is 0 Å². The maximum Gasteiger partial charge on any atom is 0.243 e. The number of nitrogens with one attached hydrogen (secondary N) is 2. The van der Waals surface area contributed by atoms with E-state index in [4.69, 9.17) is 4.74 Å². The van der Waals surface area contributed by atoms with Gasteiger partial charge in [0.15, 0.2) is 0 Å². The summed E-state index contributed by atoms with van der Waals surface area (Å²) in [7, 11) is 0. The SMILES string of the molecule is Cc1cccc(NC(=O)CNC(=O)C2CCOCC2)c1. The molecule has 0 saturated carbocycles. The zero-order valence-electron chi connectivity index (χ0n) is 11.6. The van der Waals surface area contributed by atoms with Crippen LogP contribution in [0, 0.1) is 12.8 Å². The molecule has 0 unspecified atom stereocenters. The molecule has 0 radical (unpaired) electrons. The first-order valence-corrected chi connectivity index (χ1v) is 6.87. The zero-order valence-corrected chi connectivity index (χ0v) is 11.6. The molecule has 1 aromatic carbocycles. The Balaban J connectivity index is 1.75. The van der Waals surface area contributed by atoms with Crippen LogP contribution in [0.2, 0.25) is 0 Å². The monoisotopic (exact) mass is 276 g/mol. The highest BCUT2D eigenvalue weighted by molar-refractivity contribution is 5.94. The Morgan fingerprint density at radius 2 is 2.05 bits per heavy atom. The Hall–Kier alpha value is -1.88. The standard InChI is InChI=1S/C15H20N2O3/c1-11-3-2-4-13(9-11)17-14(18)10-16-15(19)12-5-7-20-8-6-12/h2-4,9,12H,5-8,10H2,1H3,(H,16,19)(H,17,18). The summed E-state index contributed by atoms with van der Waals surface area (Å²) in [6.07, 6.45) is 1.46. The van der Waals surface area contributed by atoms with Gasteiger partial charge in [-0.25, -0.2) is 0 Å². The molecule has 1 aliphatic heterocycles. The van der Waals surface area contributed by atoms with Crippen LogP contribution in [0.3, 0.4) is 0 Å². The summed E-state index contributed by atoms with van der Waals surface area (Å²) in [5, 5.41) is 5.44. The van der Waals surface area contributed by atoms with Gasteiger partial charge in [-0.3, -0.25) is 9.59 Å². The number of carbonyl (C=O) groups is 2. The van der Waals surface area contributed by atoms with Crippen molar-refractivity contribution >= 4 is 17.5 Å². The maximum absolute atomic E-state index is 11.9. The summed E-state index contributed by atoms with van der Waals surface area (Å²) < 4.78 is 5.21. The second-order valence-corrected chi connectivity index (χ2v) is 5.02. The van der Waals surface area contributed by atoms with Gasteiger partial charge in [0.25, 0.3) is 0 Å². The minimum Gasteiger partial charge on any atom is -0.381 e. The van der Waals surface area contributed by atoms with Crippen molar-refractivity contribution in [3.8, 4) is 0 Å². The first-order valence-electron chi connectivity index (χ1n) is 6.87. The number of benzene rings is 1. The van der Waals surface area contributed by atoms with Crippen LogP contribution in [0.25, 0.3) is 0 Å². The van der Waals surface area contributed by atoms with Crippen LogP contribution in [0.15, 0.2) is 24.3 Å². The van der Waals surface area contributed by atoms with Crippen molar-refractivity contribution < 1.29 is 14.3 Å². The van der Waals surface area contributed by atoms with Gasteiger partial charge in [-0.15, -0.1) is 0 Å². The number of aryl methyl sites for hydroxylation is 1. The minimum atomic E-state index is -0.212. The molecule has 5 nitrogen and oxygen atoms in total. The fourth-order valence-electron chi connectivity index (χ4n) is 2.20. The van der Waals surface area contributed by atoms with Crippen molar-refractivity contribution in [2.24, 2.45) is 5.92 Å². The molecule has 0 spiro atoms. The van der Waals surface area contributed by atoms with Crippen LogP contribution >= 0.6 is 0 Å². The van der Waals surface area contributed by atoms with Crippen molar-refractivity contribution in [2.45, 2.75) is 19.8 Å². The number of hydrogen-bond donors (Lipinski definition) is 2. The molecule has 5 heteroatoms. The number of ether oxygens (including phenoxy) is 1. The summed E-state index contributed by atoms with van der Waals surface area (Å²) in [5.74, 6) is -0.306. The summed E-state index contributed by atoms with van der Waals surface area (Å²) in [4.78, 5) is 23.6. The van der Waals surface area contributed by atoms with E-state index in [0.29, 0.717) is 13.2 Å². The van der Waals surface area contributed by atoms with Gasteiger partial charge in [-0.2, -0.15) is 0 Å². The molecule has 2 amide bonds. The van der Waals surface area contributed by atoms with Gasteiger partial charge in [0.2, 0.25) is 11.8 Å². The van der Waals surface area contributed by atoms with Gasteiger partial charge in [-0.1, -0.05) is 12.1 Å². The second kappa shape index (κ2) is 7.05. The Morgan fingerprint density at radius 1 is 1.30 bits per heavy atom. The third kappa shape index (κ3) is 4.35. The first-order chi connectivity index (χ1) is 9.65. The normalized spacial score (nSPS) is 15.7. The molecular formula is C15H20N2O3. The number of amides is 2. The van der Waals surface area contributed by atoms with Crippen LogP contribution in [-0.4, -0.2) is 31.6 Å². The van der Waals surface area contributed by atoms with E-state index in [0.717, 1.165) is 24.1 Å². The Labute approximate surface area is 118 Å². The topological polar surface area (TPSA) is 67.4 Å². The molecule has 2 rings (SSSR count). The molecule has 0 bridgehead atoms. The van der Waals surface area contributed by atoms with E-state index in [2.05, 4.69) is 10.6 Å². The van der Waals surface area contributed by atoms with Crippen molar-refractivity contribution in [1.82, 2.24) is 5.32 Å². The van der Waals surface area contributed by atoms with Crippen LogP contribution in [-0.2, 0) is 14.3 Å². The molecule has 1 fully saturated rings. The fourth-order valence-corrected chi connectivity index (χ4v) is 2.20. The molecule has 20 heavy (non-hydrogen) atoms. The molecule has 0 atom stereocenters. The molecule has 108 valence electrons.